The van der Waals surface area contributed by atoms with Crippen LogP contribution in [0.25, 0.3) is 11.1 Å². The van der Waals surface area contributed by atoms with E-state index >= 15 is 0 Å². The van der Waals surface area contributed by atoms with Crippen LogP contribution in [-0.4, -0.2) is 12.1 Å². The van der Waals surface area contributed by atoms with E-state index in [-0.39, 0.29) is 12.1 Å². The Morgan fingerprint density at radius 2 is 1.74 bits per heavy atom. The molecule has 2 aromatic rings. The molecule has 1 saturated carbocycles. The van der Waals surface area contributed by atoms with Gasteiger partial charge in [0.05, 0.1) is 5.56 Å². The molecule has 1 aliphatic carbocycles. The third-order valence-corrected chi connectivity index (χ3v) is 5.40. The molecule has 3 rings (SSSR count). The minimum Gasteiger partial charge on any atom is -0.459 e. The number of rotatable bonds is 6. The maximum absolute atomic E-state index is 13.9. The minimum atomic E-state index is -0.620. The second kappa shape index (κ2) is 9.12. The zero-order chi connectivity index (χ0) is 19.2. The van der Waals surface area contributed by atoms with Gasteiger partial charge in [-0.05, 0) is 61.4 Å². The first-order valence-corrected chi connectivity index (χ1v) is 9.83. The molecule has 0 amide bonds. The molecule has 0 N–H and O–H groups in total. The van der Waals surface area contributed by atoms with E-state index in [1.54, 1.807) is 24.3 Å². The van der Waals surface area contributed by atoms with Gasteiger partial charge in [-0.25, -0.2) is 13.6 Å². The molecule has 2 aromatic carbocycles. The minimum absolute atomic E-state index is 0.00963. The van der Waals surface area contributed by atoms with Crippen molar-refractivity contribution in [3.63, 3.8) is 0 Å². The summed E-state index contributed by atoms with van der Waals surface area (Å²) >= 11 is 0. The molecule has 1 fully saturated rings. The first-order chi connectivity index (χ1) is 13.1. The first-order valence-electron chi connectivity index (χ1n) is 9.83. The maximum atomic E-state index is 13.9. The predicted molar refractivity (Wildman–Crippen MR) is 102 cm³/mol. The highest BCUT2D eigenvalue weighted by Crippen LogP contribution is 2.30. The van der Waals surface area contributed by atoms with Crippen molar-refractivity contribution in [2.24, 2.45) is 5.92 Å². The molecule has 144 valence electrons. The van der Waals surface area contributed by atoms with Crippen molar-refractivity contribution in [3.05, 3.63) is 59.7 Å². The van der Waals surface area contributed by atoms with Crippen molar-refractivity contribution in [2.75, 3.05) is 0 Å². The molecular weight excluding hydrogens is 346 g/mol. The predicted octanol–water partition coefficient (Wildman–Crippen LogP) is 6.54. The summed E-state index contributed by atoms with van der Waals surface area (Å²) < 4.78 is 32.6. The molecule has 0 radical (unpaired) electrons. The van der Waals surface area contributed by atoms with Crippen LogP contribution in [0, 0.1) is 17.6 Å². The summed E-state index contributed by atoms with van der Waals surface area (Å²) in [5, 5.41) is 0. The third-order valence-electron chi connectivity index (χ3n) is 5.40. The average Bonchev–Trinajstić information content (AvgIpc) is 2.67. The molecular formula is C23H26F2O2. The molecule has 0 spiro atoms. The van der Waals surface area contributed by atoms with Gasteiger partial charge in [0.2, 0.25) is 0 Å². The van der Waals surface area contributed by atoms with Gasteiger partial charge in [0.1, 0.15) is 17.7 Å². The summed E-state index contributed by atoms with van der Waals surface area (Å²) in [6.45, 7) is 2.21. The van der Waals surface area contributed by atoms with Gasteiger partial charge >= 0.3 is 5.97 Å². The number of unbranched alkanes of at least 4 members (excludes halogenated alkanes) is 1. The van der Waals surface area contributed by atoms with E-state index in [0.717, 1.165) is 37.7 Å². The fourth-order valence-corrected chi connectivity index (χ4v) is 3.76. The van der Waals surface area contributed by atoms with Crippen LogP contribution in [0.2, 0.25) is 0 Å². The lowest BCUT2D eigenvalue weighted by atomic mass is 9.84. The molecule has 27 heavy (non-hydrogen) atoms. The smallest absolute Gasteiger partial charge is 0.338 e. The molecule has 2 nitrogen and oxygen atoms in total. The highest BCUT2D eigenvalue weighted by atomic mass is 19.1. The second-order valence-corrected chi connectivity index (χ2v) is 7.39. The SMILES string of the molecule is CCCCC1CCC(OC(=O)c2ccc(-c3ccc(F)cc3F)cc2)CC1. The summed E-state index contributed by atoms with van der Waals surface area (Å²) in [5.41, 5.74) is 1.36. The largest absolute Gasteiger partial charge is 0.459 e. The number of benzene rings is 2. The lowest BCUT2D eigenvalue weighted by Gasteiger charge is -2.28. The summed E-state index contributed by atoms with van der Waals surface area (Å²) in [6, 6.07) is 10.1. The van der Waals surface area contributed by atoms with Gasteiger partial charge in [0, 0.05) is 11.6 Å². The monoisotopic (exact) mass is 372 g/mol. The van der Waals surface area contributed by atoms with Gasteiger partial charge in [-0.3, -0.25) is 0 Å². The van der Waals surface area contributed by atoms with Crippen LogP contribution in [-0.2, 0) is 4.74 Å². The van der Waals surface area contributed by atoms with E-state index in [1.807, 2.05) is 0 Å². The number of esters is 1. The summed E-state index contributed by atoms with van der Waals surface area (Å²) in [4.78, 5) is 12.4. The fourth-order valence-electron chi connectivity index (χ4n) is 3.76. The van der Waals surface area contributed by atoms with Crippen molar-refractivity contribution in [3.8, 4) is 11.1 Å². The molecule has 0 unspecified atom stereocenters. The van der Waals surface area contributed by atoms with Gasteiger partial charge in [0.25, 0.3) is 0 Å². The third kappa shape index (κ3) is 5.15. The van der Waals surface area contributed by atoms with Crippen molar-refractivity contribution in [1.29, 1.82) is 0 Å². The van der Waals surface area contributed by atoms with Gasteiger partial charge in [0.15, 0.2) is 0 Å². The van der Waals surface area contributed by atoms with Crippen LogP contribution < -0.4 is 0 Å². The Kier molecular flexibility index (Phi) is 6.59. The lowest BCUT2D eigenvalue weighted by Crippen LogP contribution is -2.24. The standard InChI is InChI=1S/C23H26F2O2/c1-2-3-4-16-5-12-20(13-6-16)27-23(26)18-9-7-17(8-10-18)21-14-11-19(24)15-22(21)25/h7-11,14-16,20H,2-6,12-13H2,1H3. The second-order valence-electron chi connectivity index (χ2n) is 7.39. The average molecular weight is 372 g/mol. The first kappa shape index (κ1) is 19.5. The number of halogens is 2. The van der Waals surface area contributed by atoms with Gasteiger partial charge < -0.3 is 4.74 Å². The highest BCUT2D eigenvalue weighted by Gasteiger charge is 2.24. The summed E-state index contributed by atoms with van der Waals surface area (Å²) in [5.74, 6) is -0.797. The Morgan fingerprint density at radius 1 is 1.04 bits per heavy atom. The lowest BCUT2D eigenvalue weighted by molar-refractivity contribution is 0.0161. The van der Waals surface area contributed by atoms with Crippen LogP contribution in [0.1, 0.15) is 62.2 Å². The normalized spacial score (nSPS) is 19.7. The Balaban J connectivity index is 1.57. The van der Waals surface area contributed by atoms with Crippen LogP contribution in [0.5, 0.6) is 0 Å². The Hall–Kier alpha value is -2.23. The van der Waals surface area contributed by atoms with E-state index in [2.05, 4.69) is 6.92 Å². The Bertz CT molecular complexity index is 762. The van der Waals surface area contributed by atoms with E-state index in [0.29, 0.717) is 16.7 Å². The number of carbonyl (C=O) groups is 1. The van der Waals surface area contributed by atoms with Gasteiger partial charge in [-0.2, -0.15) is 0 Å². The summed E-state index contributed by atoms with van der Waals surface area (Å²) in [7, 11) is 0. The van der Waals surface area contributed by atoms with Gasteiger partial charge in [-0.15, -0.1) is 0 Å². The van der Waals surface area contributed by atoms with Crippen molar-refractivity contribution < 1.29 is 18.3 Å². The number of ether oxygens (including phenoxy) is 1. The Labute approximate surface area is 159 Å². The quantitative estimate of drug-likeness (QED) is 0.538. The van der Waals surface area contributed by atoms with Crippen molar-refractivity contribution in [1.82, 2.24) is 0 Å². The molecule has 0 saturated heterocycles. The molecule has 0 atom stereocenters. The zero-order valence-electron chi connectivity index (χ0n) is 15.7. The molecule has 0 aliphatic heterocycles. The highest BCUT2D eigenvalue weighted by molar-refractivity contribution is 5.90. The fraction of sp³-hybridized carbons (Fsp3) is 0.435. The Morgan fingerprint density at radius 3 is 2.37 bits per heavy atom. The van der Waals surface area contributed by atoms with E-state index in [9.17, 15) is 13.6 Å². The van der Waals surface area contributed by atoms with Crippen LogP contribution in [0.4, 0.5) is 8.78 Å². The van der Waals surface area contributed by atoms with Crippen LogP contribution in [0.3, 0.4) is 0 Å². The van der Waals surface area contributed by atoms with Crippen LogP contribution >= 0.6 is 0 Å². The van der Waals surface area contributed by atoms with Crippen molar-refractivity contribution in [2.45, 2.75) is 58.0 Å². The topological polar surface area (TPSA) is 26.3 Å². The summed E-state index contributed by atoms with van der Waals surface area (Å²) in [6.07, 6.45) is 7.88. The molecule has 0 heterocycles. The molecule has 0 bridgehead atoms. The number of hydrogen-bond acceptors (Lipinski definition) is 2. The molecule has 4 heteroatoms. The zero-order valence-corrected chi connectivity index (χ0v) is 15.7. The van der Waals surface area contributed by atoms with Crippen LogP contribution in [0.15, 0.2) is 42.5 Å². The number of hydrogen-bond donors (Lipinski definition) is 0. The number of carbonyl (C=O) groups excluding carboxylic acids is 1. The van der Waals surface area contributed by atoms with E-state index in [4.69, 9.17) is 4.74 Å². The molecule has 0 aromatic heterocycles. The van der Waals surface area contributed by atoms with E-state index < -0.39 is 11.6 Å². The molecule has 1 aliphatic rings. The maximum Gasteiger partial charge on any atom is 0.338 e. The van der Waals surface area contributed by atoms with E-state index in [1.165, 1.54) is 31.4 Å². The van der Waals surface area contributed by atoms with Gasteiger partial charge in [-0.1, -0.05) is 38.3 Å². The van der Waals surface area contributed by atoms with Crippen molar-refractivity contribution >= 4 is 5.97 Å².